The fraction of sp³-hybridized carbons (Fsp3) is 0.357. The van der Waals surface area contributed by atoms with Crippen LogP contribution in [0.1, 0.15) is 25.2 Å². The van der Waals surface area contributed by atoms with E-state index < -0.39 is 0 Å². The molecule has 3 nitrogen and oxygen atoms in total. The molecule has 0 saturated heterocycles. The summed E-state index contributed by atoms with van der Waals surface area (Å²) in [5, 5.41) is 4.56. The fourth-order valence-electron chi connectivity index (χ4n) is 1.80. The molecule has 96 valence electrons. The maximum Gasteiger partial charge on any atom is 0.0625 e. The van der Waals surface area contributed by atoms with Gasteiger partial charge in [0.25, 0.3) is 0 Å². The first kappa shape index (κ1) is 13.0. The van der Waals surface area contributed by atoms with Gasteiger partial charge >= 0.3 is 0 Å². The van der Waals surface area contributed by atoms with Crippen LogP contribution >= 0.6 is 11.8 Å². The third-order valence-electron chi connectivity index (χ3n) is 2.84. The second kappa shape index (κ2) is 5.96. The molecule has 1 aromatic heterocycles. The van der Waals surface area contributed by atoms with E-state index in [1.54, 1.807) is 0 Å². The predicted molar refractivity (Wildman–Crippen MR) is 77.7 cm³/mol. The number of thioether (sulfide) groups is 1. The van der Waals surface area contributed by atoms with Crippen LogP contribution in [-0.4, -0.2) is 9.78 Å². The van der Waals surface area contributed by atoms with E-state index in [1.165, 1.54) is 16.3 Å². The van der Waals surface area contributed by atoms with Crippen molar-refractivity contribution in [1.82, 2.24) is 9.78 Å². The van der Waals surface area contributed by atoms with E-state index in [-0.39, 0.29) is 0 Å². The largest absolute Gasteiger partial charge is 0.399 e. The van der Waals surface area contributed by atoms with Crippen LogP contribution in [0.15, 0.2) is 35.2 Å². The molecule has 1 aromatic carbocycles. The van der Waals surface area contributed by atoms with Crippen molar-refractivity contribution in [2.24, 2.45) is 0 Å². The van der Waals surface area contributed by atoms with Gasteiger partial charge < -0.3 is 5.73 Å². The van der Waals surface area contributed by atoms with E-state index in [9.17, 15) is 0 Å². The van der Waals surface area contributed by atoms with E-state index in [0.29, 0.717) is 0 Å². The van der Waals surface area contributed by atoms with E-state index in [1.807, 2.05) is 23.9 Å². The lowest BCUT2D eigenvalue weighted by molar-refractivity contribution is 0.628. The highest BCUT2D eigenvalue weighted by Gasteiger charge is 2.06. The normalized spacial score (nSPS) is 10.8. The van der Waals surface area contributed by atoms with Crippen molar-refractivity contribution in [3.63, 3.8) is 0 Å². The van der Waals surface area contributed by atoms with Crippen molar-refractivity contribution in [1.29, 1.82) is 0 Å². The second-order valence-electron chi connectivity index (χ2n) is 4.15. The topological polar surface area (TPSA) is 43.8 Å². The predicted octanol–water partition coefficient (Wildman–Crippen LogP) is 3.34. The van der Waals surface area contributed by atoms with Gasteiger partial charge in [-0.1, -0.05) is 6.92 Å². The molecule has 0 fully saturated rings. The molecule has 0 bridgehead atoms. The van der Waals surface area contributed by atoms with Crippen molar-refractivity contribution in [3.05, 3.63) is 41.7 Å². The summed E-state index contributed by atoms with van der Waals surface area (Å²) in [6.45, 7) is 5.20. The van der Waals surface area contributed by atoms with Crippen LogP contribution < -0.4 is 5.73 Å². The van der Waals surface area contributed by atoms with Gasteiger partial charge in [0.15, 0.2) is 0 Å². The minimum absolute atomic E-state index is 0.811. The molecule has 0 radical (unpaired) electrons. The Kier molecular flexibility index (Phi) is 4.31. The quantitative estimate of drug-likeness (QED) is 0.663. The molecule has 0 saturated carbocycles. The molecule has 0 spiro atoms. The van der Waals surface area contributed by atoms with E-state index >= 15 is 0 Å². The minimum atomic E-state index is 0.811. The smallest absolute Gasteiger partial charge is 0.0625 e. The number of aromatic nitrogens is 2. The Hall–Kier alpha value is -1.42. The average molecular weight is 261 g/mol. The van der Waals surface area contributed by atoms with Crippen molar-refractivity contribution < 1.29 is 0 Å². The Morgan fingerprint density at radius 1 is 1.22 bits per heavy atom. The van der Waals surface area contributed by atoms with Crippen LogP contribution in [0, 0.1) is 0 Å². The maximum atomic E-state index is 5.68. The first-order chi connectivity index (χ1) is 8.72. The molecule has 18 heavy (non-hydrogen) atoms. The van der Waals surface area contributed by atoms with Gasteiger partial charge in [-0.15, -0.1) is 11.8 Å². The number of rotatable bonds is 5. The molecule has 2 N–H and O–H groups in total. The highest BCUT2D eigenvalue weighted by atomic mass is 32.2. The third-order valence-corrected chi connectivity index (χ3v) is 3.89. The Morgan fingerprint density at radius 3 is 2.56 bits per heavy atom. The molecule has 0 atom stereocenters. The zero-order valence-corrected chi connectivity index (χ0v) is 11.7. The lowest BCUT2D eigenvalue weighted by atomic mass is 10.3. The Bertz CT molecular complexity index is 502. The Balaban J connectivity index is 2.05. The molecule has 4 heteroatoms. The summed E-state index contributed by atoms with van der Waals surface area (Å²) in [4.78, 5) is 1.24. The third kappa shape index (κ3) is 3.07. The van der Waals surface area contributed by atoms with Crippen LogP contribution in [0.5, 0.6) is 0 Å². The Morgan fingerprint density at radius 2 is 1.94 bits per heavy atom. The van der Waals surface area contributed by atoms with Crippen LogP contribution in [0.3, 0.4) is 0 Å². The van der Waals surface area contributed by atoms with Gasteiger partial charge in [-0.05, 0) is 43.7 Å². The number of anilines is 1. The summed E-state index contributed by atoms with van der Waals surface area (Å²) in [5.41, 5.74) is 8.95. The Labute approximate surface area is 112 Å². The second-order valence-corrected chi connectivity index (χ2v) is 5.20. The fourth-order valence-corrected chi connectivity index (χ4v) is 2.67. The summed E-state index contributed by atoms with van der Waals surface area (Å²) in [6, 6.07) is 10.2. The van der Waals surface area contributed by atoms with Crippen LogP contribution in [0.2, 0.25) is 0 Å². The molecular weight excluding hydrogens is 242 g/mol. The van der Waals surface area contributed by atoms with Crippen LogP contribution in [0.25, 0.3) is 0 Å². The summed E-state index contributed by atoms with van der Waals surface area (Å²) in [6.07, 6.45) is 0.993. The van der Waals surface area contributed by atoms with E-state index in [2.05, 4.69) is 41.8 Å². The number of nitrogens with two attached hydrogens (primary N) is 1. The van der Waals surface area contributed by atoms with Crippen molar-refractivity contribution in [3.8, 4) is 0 Å². The molecule has 0 aliphatic heterocycles. The summed E-state index contributed by atoms with van der Waals surface area (Å²) in [5.74, 6) is 0.949. The standard InChI is InChI=1S/C14H19N3S/c1-3-12-9-13(17(4-2)16-12)10-18-14-7-5-11(15)6-8-14/h5-9H,3-4,10,15H2,1-2H3. The monoisotopic (exact) mass is 261 g/mol. The van der Waals surface area contributed by atoms with Gasteiger partial charge in [0.1, 0.15) is 0 Å². The van der Waals surface area contributed by atoms with Crippen LogP contribution in [0.4, 0.5) is 5.69 Å². The first-order valence-corrected chi connectivity index (χ1v) is 7.25. The maximum absolute atomic E-state index is 5.68. The van der Waals surface area contributed by atoms with Crippen molar-refractivity contribution in [2.75, 3.05) is 5.73 Å². The summed E-state index contributed by atoms with van der Waals surface area (Å²) in [7, 11) is 0. The van der Waals surface area contributed by atoms with E-state index in [0.717, 1.165) is 24.4 Å². The van der Waals surface area contributed by atoms with Gasteiger partial charge in [-0.2, -0.15) is 5.10 Å². The lowest BCUT2D eigenvalue weighted by Crippen LogP contribution is -2.01. The summed E-state index contributed by atoms with van der Waals surface area (Å²) >= 11 is 1.82. The zero-order valence-electron chi connectivity index (χ0n) is 10.9. The number of nitrogens with zero attached hydrogens (tertiary/aromatic N) is 2. The molecule has 0 aliphatic rings. The molecule has 0 amide bonds. The number of nitrogen functional groups attached to an aromatic ring is 1. The molecule has 2 rings (SSSR count). The van der Waals surface area contributed by atoms with Gasteiger partial charge in [0.05, 0.1) is 5.69 Å². The van der Waals surface area contributed by atoms with Crippen molar-refractivity contribution in [2.45, 2.75) is 37.5 Å². The molecule has 0 unspecified atom stereocenters. The number of hydrogen-bond acceptors (Lipinski definition) is 3. The van der Waals surface area contributed by atoms with Gasteiger partial charge in [0.2, 0.25) is 0 Å². The van der Waals surface area contributed by atoms with Gasteiger partial charge in [-0.3, -0.25) is 4.68 Å². The van der Waals surface area contributed by atoms with Gasteiger partial charge in [-0.25, -0.2) is 0 Å². The van der Waals surface area contributed by atoms with Crippen LogP contribution in [-0.2, 0) is 18.7 Å². The number of hydrogen-bond donors (Lipinski definition) is 1. The van der Waals surface area contributed by atoms with Crippen molar-refractivity contribution >= 4 is 17.4 Å². The number of aryl methyl sites for hydroxylation is 2. The molecular formula is C14H19N3S. The number of benzene rings is 1. The molecule has 1 heterocycles. The van der Waals surface area contributed by atoms with Gasteiger partial charge in [0, 0.05) is 28.6 Å². The zero-order chi connectivity index (χ0) is 13.0. The molecule has 0 aliphatic carbocycles. The summed E-state index contributed by atoms with van der Waals surface area (Å²) < 4.78 is 2.09. The SMILES string of the molecule is CCc1cc(CSc2ccc(N)cc2)n(CC)n1. The average Bonchev–Trinajstić information content (AvgIpc) is 2.80. The highest BCUT2D eigenvalue weighted by molar-refractivity contribution is 7.98. The minimum Gasteiger partial charge on any atom is -0.399 e. The highest BCUT2D eigenvalue weighted by Crippen LogP contribution is 2.24. The molecule has 2 aromatic rings. The first-order valence-electron chi connectivity index (χ1n) is 6.26. The lowest BCUT2D eigenvalue weighted by Gasteiger charge is -2.04. The van der Waals surface area contributed by atoms with E-state index in [4.69, 9.17) is 5.73 Å².